The lowest BCUT2D eigenvalue weighted by atomic mass is 10.2. The maximum atomic E-state index is 12.1. The Morgan fingerprint density at radius 2 is 1.59 bits per heavy atom. The van der Waals surface area contributed by atoms with E-state index in [0.717, 1.165) is 44.0 Å². The molecule has 2 amide bonds. The molecular formula is C23H29N3O3. The summed E-state index contributed by atoms with van der Waals surface area (Å²) in [6, 6.07) is 15.6. The van der Waals surface area contributed by atoms with Gasteiger partial charge in [-0.2, -0.15) is 0 Å². The lowest BCUT2D eigenvalue weighted by molar-refractivity contribution is -0.131. The van der Waals surface area contributed by atoms with E-state index in [1.807, 2.05) is 60.4 Å². The summed E-state index contributed by atoms with van der Waals surface area (Å²) in [6.07, 6.45) is 1.53. The molecule has 3 rings (SSSR count). The Kier molecular flexibility index (Phi) is 7.11. The monoisotopic (exact) mass is 395 g/mol. The molecule has 154 valence electrons. The Morgan fingerprint density at radius 1 is 0.931 bits per heavy atom. The molecule has 0 saturated carbocycles. The van der Waals surface area contributed by atoms with E-state index >= 15 is 0 Å². The number of ether oxygens (including phenoxy) is 1. The van der Waals surface area contributed by atoms with Gasteiger partial charge in [0.25, 0.3) is 5.91 Å². The van der Waals surface area contributed by atoms with Crippen LogP contribution in [0, 0.1) is 0 Å². The van der Waals surface area contributed by atoms with Crippen LogP contribution >= 0.6 is 0 Å². The van der Waals surface area contributed by atoms with Crippen molar-refractivity contribution in [2.24, 2.45) is 0 Å². The van der Waals surface area contributed by atoms with Crippen molar-refractivity contribution in [2.75, 3.05) is 43.0 Å². The average molecular weight is 396 g/mol. The molecule has 0 bridgehead atoms. The van der Waals surface area contributed by atoms with E-state index < -0.39 is 0 Å². The van der Waals surface area contributed by atoms with Gasteiger partial charge in [-0.1, -0.05) is 26.0 Å². The number of aryl methyl sites for hydroxylation is 1. The van der Waals surface area contributed by atoms with E-state index in [-0.39, 0.29) is 18.4 Å². The number of piperazine rings is 1. The number of carbonyl (C=O) groups is 2. The van der Waals surface area contributed by atoms with Crippen LogP contribution in [0.25, 0.3) is 0 Å². The van der Waals surface area contributed by atoms with Crippen LogP contribution in [0.1, 0.15) is 25.8 Å². The molecule has 6 nitrogen and oxygen atoms in total. The highest BCUT2D eigenvalue weighted by Gasteiger charge is 2.20. The normalized spacial score (nSPS) is 13.9. The number of nitrogens with zero attached hydrogens (tertiary/aromatic N) is 2. The van der Waals surface area contributed by atoms with Gasteiger partial charge in [-0.25, -0.2) is 0 Å². The van der Waals surface area contributed by atoms with E-state index in [2.05, 4.69) is 17.1 Å². The van der Waals surface area contributed by atoms with E-state index in [1.165, 1.54) is 5.56 Å². The van der Waals surface area contributed by atoms with Gasteiger partial charge in [-0.05, 0) is 48.4 Å². The van der Waals surface area contributed by atoms with Crippen LogP contribution in [0.5, 0.6) is 5.75 Å². The first-order chi connectivity index (χ1) is 14.1. The van der Waals surface area contributed by atoms with Crippen LogP contribution in [0.15, 0.2) is 48.5 Å². The summed E-state index contributed by atoms with van der Waals surface area (Å²) in [5.41, 5.74) is 3.07. The van der Waals surface area contributed by atoms with Gasteiger partial charge in [0.2, 0.25) is 5.91 Å². The minimum Gasteiger partial charge on any atom is -0.484 e. The molecular weight excluding hydrogens is 366 g/mol. The number of benzene rings is 2. The summed E-state index contributed by atoms with van der Waals surface area (Å²) in [5.74, 6) is 0.712. The van der Waals surface area contributed by atoms with E-state index in [4.69, 9.17) is 4.74 Å². The number of rotatable bonds is 7. The van der Waals surface area contributed by atoms with Crippen LogP contribution in [0.2, 0.25) is 0 Å². The Morgan fingerprint density at radius 3 is 2.17 bits per heavy atom. The number of carbonyl (C=O) groups excluding carboxylic acids is 2. The summed E-state index contributed by atoms with van der Waals surface area (Å²) >= 11 is 0. The van der Waals surface area contributed by atoms with Crippen LogP contribution < -0.4 is 15.0 Å². The molecule has 1 aliphatic heterocycles. The zero-order chi connectivity index (χ0) is 20.6. The highest BCUT2D eigenvalue weighted by molar-refractivity contribution is 5.92. The van der Waals surface area contributed by atoms with Crippen LogP contribution in [0.4, 0.5) is 11.4 Å². The minimum absolute atomic E-state index is 0.0271. The Balaban J connectivity index is 1.46. The van der Waals surface area contributed by atoms with Crippen molar-refractivity contribution in [2.45, 2.75) is 26.7 Å². The number of hydrogen-bond donors (Lipinski definition) is 1. The third-order valence-electron chi connectivity index (χ3n) is 5.15. The molecule has 1 heterocycles. The number of anilines is 2. The molecule has 2 aromatic rings. The van der Waals surface area contributed by atoms with E-state index in [1.54, 1.807) is 0 Å². The van der Waals surface area contributed by atoms with Gasteiger partial charge < -0.3 is 19.9 Å². The van der Waals surface area contributed by atoms with Crippen molar-refractivity contribution in [3.63, 3.8) is 0 Å². The van der Waals surface area contributed by atoms with Crippen molar-refractivity contribution in [1.29, 1.82) is 0 Å². The quantitative estimate of drug-likeness (QED) is 0.781. The molecule has 29 heavy (non-hydrogen) atoms. The zero-order valence-electron chi connectivity index (χ0n) is 17.2. The van der Waals surface area contributed by atoms with Crippen molar-refractivity contribution in [1.82, 2.24) is 4.90 Å². The van der Waals surface area contributed by atoms with E-state index in [9.17, 15) is 9.59 Å². The highest BCUT2D eigenvalue weighted by atomic mass is 16.5. The topological polar surface area (TPSA) is 61.9 Å². The van der Waals surface area contributed by atoms with Crippen LogP contribution in [0.3, 0.4) is 0 Å². The molecule has 0 radical (unpaired) electrons. The smallest absolute Gasteiger partial charge is 0.262 e. The summed E-state index contributed by atoms with van der Waals surface area (Å²) in [6.45, 7) is 7.12. The number of hydrogen-bond acceptors (Lipinski definition) is 4. The number of amides is 2. The Hall–Kier alpha value is -3.02. The SMILES string of the molecule is CCC(=O)N1CCN(c2ccc(NC(=O)COc3ccc(CC)cc3)cc2)CC1. The number of nitrogens with one attached hydrogen (secondary N) is 1. The van der Waals surface area contributed by atoms with Gasteiger partial charge in [-0.3, -0.25) is 9.59 Å². The molecule has 0 atom stereocenters. The molecule has 1 saturated heterocycles. The molecule has 2 aromatic carbocycles. The Labute approximate surface area is 172 Å². The molecule has 0 spiro atoms. The first-order valence-corrected chi connectivity index (χ1v) is 10.2. The van der Waals surface area contributed by atoms with Gasteiger partial charge >= 0.3 is 0 Å². The second kappa shape index (κ2) is 9.96. The predicted octanol–water partition coefficient (Wildman–Crippen LogP) is 3.33. The van der Waals surface area contributed by atoms with Crippen molar-refractivity contribution in [3.05, 3.63) is 54.1 Å². The lowest BCUT2D eigenvalue weighted by Crippen LogP contribution is -2.48. The standard InChI is InChI=1S/C23H29N3O3/c1-3-18-5-11-21(12-6-18)29-17-22(27)24-19-7-9-20(10-8-19)25-13-15-26(16-14-25)23(28)4-2/h5-12H,3-4,13-17H2,1-2H3,(H,24,27). The molecule has 6 heteroatoms. The maximum absolute atomic E-state index is 12.1. The van der Waals surface area contributed by atoms with Gasteiger partial charge in [0.15, 0.2) is 6.61 Å². The lowest BCUT2D eigenvalue weighted by Gasteiger charge is -2.36. The van der Waals surface area contributed by atoms with Crippen LogP contribution in [-0.2, 0) is 16.0 Å². The van der Waals surface area contributed by atoms with Crippen molar-refractivity contribution >= 4 is 23.2 Å². The predicted molar refractivity (Wildman–Crippen MR) is 115 cm³/mol. The second-order valence-electron chi connectivity index (χ2n) is 7.10. The molecule has 1 aliphatic rings. The molecule has 1 N–H and O–H groups in total. The summed E-state index contributed by atoms with van der Waals surface area (Å²) in [4.78, 5) is 28.1. The van der Waals surface area contributed by atoms with Gasteiger partial charge in [0.05, 0.1) is 0 Å². The summed E-state index contributed by atoms with van der Waals surface area (Å²) in [7, 11) is 0. The fourth-order valence-electron chi connectivity index (χ4n) is 3.36. The van der Waals surface area contributed by atoms with Crippen molar-refractivity contribution in [3.8, 4) is 5.75 Å². The molecule has 1 fully saturated rings. The fraction of sp³-hybridized carbons (Fsp3) is 0.391. The first kappa shape index (κ1) is 20.7. The third kappa shape index (κ3) is 5.73. The second-order valence-corrected chi connectivity index (χ2v) is 7.10. The van der Waals surface area contributed by atoms with Gasteiger partial charge in [0, 0.05) is 44.0 Å². The first-order valence-electron chi connectivity index (χ1n) is 10.2. The minimum atomic E-state index is -0.191. The Bertz CT molecular complexity index is 810. The van der Waals surface area contributed by atoms with Gasteiger partial charge in [0.1, 0.15) is 5.75 Å². The fourth-order valence-corrected chi connectivity index (χ4v) is 3.36. The van der Waals surface area contributed by atoms with E-state index in [0.29, 0.717) is 12.2 Å². The van der Waals surface area contributed by atoms with Crippen LogP contribution in [-0.4, -0.2) is 49.5 Å². The maximum Gasteiger partial charge on any atom is 0.262 e. The third-order valence-corrected chi connectivity index (χ3v) is 5.15. The van der Waals surface area contributed by atoms with Crippen molar-refractivity contribution < 1.29 is 14.3 Å². The average Bonchev–Trinajstić information content (AvgIpc) is 2.78. The highest BCUT2D eigenvalue weighted by Crippen LogP contribution is 2.20. The molecule has 0 aromatic heterocycles. The zero-order valence-corrected chi connectivity index (χ0v) is 17.2. The molecule has 0 unspecified atom stereocenters. The summed E-state index contributed by atoms with van der Waals surface area (Å²) < 4.78 is 5.54. The summed E-state index contributed by atoms with van der Waals surface area (Å²) in [5, 5.41) is 2.86. The molecule has 0 aliphatic carbocycles. The largest absolute Gasteiger partial charge is 0.484 e. The van der Waals surface area contributed by atoms with Gasteiger partial charge in [-0.15, -0.1) is 0 Å².